The van der Waals surface area contributed by atoms with Gasteiger partial charge in [-0.25, -0.2) is 9.78 Å². The molecule has 3 rings (SSSR count). The number of hydrogen-bond donors (Lipinski definition) is 1. The van der Waals surface area contributed by atoms with Gasteiger partial charge in [0.25, 0.3) is 0 Å². The number of aromatic nitrogens is 1. The maximum Gasteiger partial charge on any atom is 0.341 e. The van der Waals surface area contributed by atoms with Crippen LogP contribution in [-0.4, -0.2) is 35.8 Å². The minimum Gasteiger partial charge on any atom is -0.479 e. The summed E-state index contributed by atoms with van der Waals surface area (Å²) in [7, 11) is 0. The van der Waals surface area contributed by atoms with Crippen molar-refractivity contribution < 1.29 is 14.6 Å². The molecule has 0 bridgehead atoms. The molecule has 0 saturated carbocycles. The van der Waals surface area contributed by atoms with Crippen molar-refractivity contribution in [3.05, 3.63) is 30.5 Å². The average molecular weight is 302 g/mol. The van der Waals surface area contributed by atoms with Crippen molar-refractivity contribution in [2.45, 2.75) is 32.1 Å². The normalized spacial score (nSPS) is 24.5. The molecule has 22 heavy (non-hydrogen) atoms. The number of pyridine rings is 1. The van der Waals surface area contributed by atoms with Crippen LogP contribution in [0.15, 0.2) is 30.5 Å². The van der Waals surface area contributed by atoms with Gasteiger partial charge >= 0.3 is 5.97 Å². The van der Waals surface area contributed by atoms with E-state index in [0.717, 1.165) is 38.2 Å². The predicted octanol–water partition coefficient (Wildman–Crippen LogP) is 2.87. The van der Waals surface area contributed by atoms with E-state index in [4.69, 9.17) is 9.84 Å². The quantitative estimate of drug-likeness (QED) is 0.867. The molecule has 1 aliphatic heterocycles. The zero-order valence-corrected chi connectivity index (χ0v) is 12.7. The topological polar surface area (TPSA) is 62.7 Å². The van der Waals surface area contributed by atoms with Gasteiger partial charge in [-0.2, -0.15) is 0 Å². The second kappa shape index (κ2) is 6.38. The molecule has 0 amide bonds. The minimum atomic E-state index is -0.970. The molecule has 2 aliphatic rings. The monoisotopic (exact) mass is 302 g/mol. The van der Waals surface area contributed by atoms with Crippen molar-refractivity contribution in [2.24, 2.45) is 5.41 Å². The standard InChI is InChI=1S/C17H22N2O3/c20-15(21)12-22-14-6-4-10-18-16(14)19-11-5-9-17(13-19)7-2-1-3-8-17/h1-2,4,6,10H,3,5,7-9,11-13H2,(H,20,21). The van der Waals surface area contributed by atoms with Crippen LogP contribution in [0.3, 0.4) is 0 Å². The maximum atomic E-state index is 10.7. The van der Waals surface area contributed by atoms with Gasteiger partial charge in [-0.3, -0.25) is 0 Å². The predicted molar refractivity (Wildman–Crippen MR) is 84.2 cm³/mol. The van der Waals surface area contributed by atoms with Crippen molar-refractivity contribution in [3.8, 4) is 5.75 Å². The van der Waals surface area contributed by atoms with E-state index in [1.165, 1.54) is 12.8 Å². The summed E-state index contributed by atoms with van der Waals surface area (Å²) in [6.45, 7) is 1.59. The molecule has 1 saturated heterocycles. The van der Waals surface area contributed by atoms with Crippen LogP contribution in [0.1, 0.15) is 32.1 Å². The molecule has 1 aromatic heterocycles. The van der Waals surface area contributed by atoms with E-state index in [0.29, 0.717) is 11.2 Å². The lowest BCUT2D eigenvalue weighted by molar-refractivity contribution is -0.139. The highest BCUT2D eigenvalue weighted by Gasteiger charge is 2.36. The Bertz CT molecular complexity index is 573. The van der Waals surface area contributed by atoms with Crippen LogP contribution in [0.2, 0.25) is 0 Å². The van der Waals surface area contributed by atoms with E-state index in [1.807, 2.05) is 0 Å². The summed E-state index contributed by atoms with van der Waals surface area (Å²) in [5.74, 6) is 0.369. The summed E-state index contributed by atoms with van der Waals surface area (Å²) in [5.41, 5.74) is 0.342. The van der Waals surface area contributed by atoms with Crippen molar-refractivity contribution in [1.82, 2.24) is 4.98 Å². The van der Waals surface area contributed by atoms with Crippen LogP contribution in [0.4, 0.5) is 5.82 Å². The molecule has 0 aromatic carbocycles. The van der Waals surface area contributed by atoms with Crippen LogP contribution in [-0.2, 0) is 4.79 Å². The van der Waals surface area contributed by atoms with Crippen molar-refractivity contribution in [2.75, 3.05) is 24.6 Å². The fourth-order valence-corrected chi connectivity index (χ4v) is 3.57. The smallest absolute Gasteiger partial charge is 0.341 e. The number of carboxylic acid groups (broad SMARTS) is 1. The first-order valence-corrected chi connectivity index (χ1v) is 7.88. The number of carbonyl (C=O) groups is 1. The highest BCUT2D eigenvalue weighted by Crippen LogP contribution is 2.42. The number of ether oxygens (including phenoxy) is 1. The van der Waals surface area contributed by atoms with E-state index in [9.17, 15) is 4.79 Å². The highest BCUT2D eigenvalue weighted by atomic mass is 16.5. The Balaban J connectivity index is 1.78. The Labute approximate surface area is 130 Å². The van der Waals surface area contributed by atoms with Gasteiger partial charge < -0.3 is 14.7 Å². The molecule has 1 aliphatic carbocycles. The number of carboxylic acids is 1. The lowest BCUT2D eigenvalue weighted by atomic mass is 9.71. The molecule has 0 radical (unpaired) electrons. The van der Waals surface area contributed by atoms with E-state index in [1.54, 1.807) is 18.3 Å². The van der Waals surface area contributed by atoms with Gasteiger partial charge in [-0.05, 0) is 49.7 Å². The van der Waals surface area contributed by atoms with E-state index < -0.39 is 5.97 Å². The van der Waals surface area contributed by atoms with Gasteiger partial charge in [-0.15, -0.1) is 0 Å². The zero-order chi connectivity index (χ0) is 15.4. The maximum absolute atomic E-state index is 10.7. The summed E-state index contributed by atoms with van der Waals surface area (Å²) in [6.07, 6.45) is 12.2. The van der Waals surface area contributed by atoms with Gasteiger partial charge in [0.2, 0.25) is 0 Å². The summed E-state index contributed by atoms with van der Waals surface area (Å²) in [6, 6.07) is 3.58. The van der Waals surface area contributed by atoms with Gasteiger partial charge in [0.15, 0.2) is 18.2 Å². The molecule has 1 atom stereocenters. The van der Waals surface area contributed by atoms with Gasteiger partial charge in [0, 0.05) is 19.3 Å². The largest absolute Gasteiger partial charge is 0.479 e. The van der Waals surface area contributed by atoms with Gasteiger partial charge in [0.05, 0.1) is 0 Å². The molecule has 1 unspecified atom stereocenters. The first-order chi connectivity index (χ1) is 10.7. The van der Waals surface area contributed by atoms with Crippen molar-refractivity contribution >= 4 is 11.8 Å². The fraction of sp³-hybridized carbons (Fsp3) is 0.529. The highest BCUT2D eigenvalue weighted by molar-refractivity contribution is 5.69. The Morgan fingerprint density at radius 1 is 1.41 bits per heavy atom. The van der Waals surface area contributed by atoms with E-state index >= 15 is 0 Å². The fourth-order valence-electron chi connectivity index (χ4n) is 3.57. The number of nitrogens with zero attached hydrogens (tertiary/aromatic N) is 2. The summed E-state index contributed by atoms with van der Waals surface area (Å²) >= 11 is 0. The second-order valence-electron chi connectivity index (χ2n) is 6.25. The Hall–Kier alpha value is -2.04. The zero-order valence-electron chi connectivity index (χ0n) is 12.7. The summed E-state index contributed by atoms with van der Waals surface area (Å²) in [5, 5.41) is 8.81. The lowest BCUT2D eigenvalue weighted by Gasteiger charge is -2.44. The van der Waals surface area contributed by atoms with E-state index in [-0.39, 0.29) is 6.61 Å². The Morgan fingerprint density at radius 2 is 2.32 bits per heavy atom. The molecular weight excluding hydrogens is 280 g/mol. The minimum absolute atomic E-state index is 0.333. The molecule has 5 nitrogen and oxygen atoms in total. The average Bonchev–Trinajstić information content (AvgIpc) is 2.54. The van der Waals surface area contributed by atoms with Crippen LogP contribution in [0.5, 0.6) is 5.75 Å². The summed E-state index contributed by atoms with van der Waals surface area (Å²) in [4.78, 5) is 17.4. The van der Waals surface area contributed by atoms with Crippen LogP contribution < -0.4 is 9.64 Å². The Kier molecular flexibility index (Phi) is 4.32. The van der Waals surface area contributed by atoms with E-state index in [2.05, 4.69) is 22.0 Å². The third-order valence-corrected chi connectivity index (χ3v) is 4.62. The van der Waals surface area contributed by atoms with Crippen molar-refractivity contribution in [1.29, 1.82) is 0 Å². The second-order valence-corrected chi connectivity index (χ2v) is 6.25. The number of allylic oxidation sites excluding steroid dienone is 2. The number of anilines is 1. The molecule has 5 heteroatoms. The van der Waals surface area contributed by atoms with Gasteiger partial charge in [0.1, 0.15) is 0 Å². The summed E-state index contributed by atoms with van der Waals surface area (Å²) < 4.78 is 5.41. The van der Waals surface area contributed by atoms with Crippen LogP contribution >= 0.6 is 0 Å². The van der Waals surface area contributed by atoms with Crippen LogP contribution in [0, 0.1) is 5.41 Å². The van der Waals surface area contributed by atoms with Gasteiger partial charge in [-0.1, -0.05) is 12.2 Å². The number of hydrogen-bond acceptors (Lipinski definition) is 4. The first-order valence-electron chi connectivity index (χ1n) is 7.88. The third kappa shape index (κ3) is 3.24. The molecule has 118 valence electrons. The SMILES string of the molecule is O=C(O)COc1cccnc1N1CCCC2(CC=CCC2)C1. The van der Waals surface area contributed by atoms with Crippen molar-refractivity contribution in [3.63, 3.8) is 0 Å². The third-order valence-electron chi connectivity index (χ3n) is 4.62. The molecule has 2 heterocycles. The number of piperidine rings is 1. The first kappa shape index (κ1) is 14.9. The van der Waals surface area contributed by atoms with Crippen LogP contribution in [0.25, 0.3) is 0 Å². The molecular formula is C17H22N2O3. The molecule has 1 spiro atoms. The molecule has 1 aromatic rings. The lowest BCUT2D eigenvalue weighted by Crippen LogP contribution is -2.44. The number of aliphatic carboxylic acids is 1. The Morgan fingerprint density at radius 3 is 3.09 bits per heavy atom. The molecule has 1 N–H and O–H groups in total. The molecule has 1 fully saturated rings. The number of rotatable bonds is 4.